The zero-order valence-corrected chi connectivity index (χ0v) is 20.4. The van der Waals surface area contributed by atoms with Crippen molar-refractivity contribution in [3.8, 4) is 0 Å². The molecule has 0 radical (unpaired) electrons. The van der Waals surface area contributed by atoms with E-state index in [0.717, 1.165) is 12.2 Å². The van der Waals surface area contributed by atoms with Gasteiger partial charge in [-0.25, -0.2) is 8.42 Å². The molecule has 3 rings (SSSR count). The third-order valence-corrected chi connectivity index (χ3v) is 7.77. The van der Waals surface area contributed by atoms with Crippen LogP contribution in [-0.2, 0) is 14.8 Å². The molecule has 0 aromatic heterocycles. The van der Waals surface area contributed by atoms with Gasteiger partial charge in [0, 0.05) is 62.6 Å². The maximum Gasteiger partial charge on any atom is 0.255 e. The Bertz CT molecular complexity index is 1070. The van der Waals surface area contributed by atoms with Crippen LogP contribution in [-0.4, -0.2) is 68.2 Å². The summed E-state index contributed by atoms with van der Waals surface area (Å²) in [6.45, 7) is 10.0. The van der Waals surface area contributed by atoms with Gasteiger partial charge in [-0.15, -0.1) is 0 Å². The third-order valence-electron chi connectivity index (χ3n) is 5.86. The number of hydrogen-bond acceptors (Lipinski definition) is 5. The summed E-state index contributed by atoms with van der Waals surface area (Å²) in [6.07, 6.45) is 0. The van der Waals surface area contributed by atoms with E-state index in [1.54, 1.807) is 4.90 Å². The molecule has 0 spiro atoms. The van der Waals surface area contributed by atoms with Crippen LogP contribution in [0, 0.1) is 0 Å². The Morgan fingerprint density at radius 1 is 0.970 bits per heavy atom. The standard InChI is InChI=1S/C24H32N4O4S/c1-5-28(18(2)3)22-10-8-21(9-11-22)25-24(30)20-6-12-23(13-7-20)33(31,32)27-16-14-26(15-17-27)19(4)29/h6-13,18H,5,14-17H2,1-4H3,(H,25,30). The van der Waals surface area contributed by atoms with Crippen molar-refractivity contribution < 1.29 is 18.0 Å². The van der Waals surface area contributed by atoms with Crippen LogP contribution in [0.25, 0.3) is 0 Å². The first-order chi connectivity index (χ1) is 15.6. The molecule has 0 unspecified atom stereocenters. The molecule has 2 amide bonds. The van der Waals surface area contributed by atoms with E-state index in [4.69, 9.17) is 0 Å². The number of carbonyl (C=O) groups is 2. The monoisotopic (exact) mass is 472 g/mol. The van der Waals surface area contributed by atoms with Crippen LogP contribution >= 0.6 is 0 Å². The molecule has 2 aromatic carbocycles. The lowest BCUT2D eigenvalue weighted by Crippen LogP contribution is -2.49. The molecule has 0 saturated carbocycles. The van der Waals surface area contributed by atoms with Gasteiger partial charge >= 0.3 is 0 Å². The lowest BCUT2D eigenvalue weighted by molar-refractivity contribution is -0.129. The quantitative estimate of drug-likeness (QED) is 0.669. The molecule has 33 heavy (non-hydrogen) atoms. The van der Waals surface area contributed by atoms with Gasteiger partial charge in [0.25, 0.3) is 5.91 Å². The number of nitrogens with zero attached hydrogens (tertiary/aromatic N) is 3. The van der Waals surface area contributed by atoms with Crippen LogP contribution in [0.1, 0.15) is 38.1 Å². The van der Waals surface area contributed by atoms with E-state index in [1.807, 2.05) is 24.3 Å². The first-order valence-corrected chi connectivity index (χ1v) is 12.6. The van der Waals surface area contributed by atoms with E-state index in [9.17, 15) is 18.0 Å². The Hall–Kier alpha value is -2.91. The molecule has 1 aliphatic rings. The second kappa shape index (κ2) is 10.4. The summed E-state index contributed by atoms with van der Waals surface area (Å²) in [5.74, 6) is -0.363. The first-order valence-electron chi connectivity index (χ1n) is 11.2. The fourth-order valence-electron chi connectivity index (χ4n) is 3.96. The van der Waals surface area contributed by atoms with E-state index in [-0.39, 0.29) is 29.8 Å². The summed E-state index contributed by atoms with van der Waals surface area (Å²) in [6, 6.07) is 14.0. The fraction of sp³-hybridized carbons (Fsp3) is 0.417. The lowest BCUT2D eigenvalue weighted by atomic mass is 10.2. The van der Waals surface area contributed by atoms with Crippen molar-refractivity contribution in [1.29, 1.82) is 0 Å². The van der Waals surface area contributed by atoms with Gasteiger partial charge in [-0.3, -0.25) is 9.59 Å². The van der Waals surface area contributed by atoms with Crippen molar-refractivity contribution >= 4 is 33.2 Å². The van der Waals surface area contributed by atoms with Gasteiger partial charge in [0.15, 0.2) is 0 Å². The second-order valence-electron chi connectivity index (χ2n) is 8.32. The average Bonchev–Trinajstić information content (AvgIpc) is 2.80. The maximum atomic E-state index is 12.9. The highest BCUT2D eigenvalue weighted by Gasteiger charge is 2.29. The van der Waals surface area contributed by atoms with E-state index < -0.39 is 10.0 Å². The van der Waals surface area contributed by atoms with Crippen LogP contribution < -0.4 is 10.2 Å². The van der Waals surface area contributed by atoms with Gasteiger partial charge in [0.05, 0.1) is 4.90 Å². The predicted octanol–water partition coefficient (Wildman–Crippen LogP) is 3.03. The Labute approximate surface area is 196 Å². The molecule has 0 atom stereocenters. The molecule has 1 fully saturated rings. The molecule has 9 heteroatoms. The minimum Gasteiger partial charge on any atom is -0.369 e. The van der Waals surface area contributed by atoms with Crippen LogP contribution in [0.15, 0.2) is 53.4 Å². The number of piperazine rings is 1. The Balaban J connectivity index is 1.65. The first kappa shape index (κ1) is 24.7. The molecule has 1 aliphatic heterocycles. The number of sulfonamides is 1. The van der Waals surface area contributed by atoms with Crippen molar-refractivity contribution in [3.63, 3.8) is 0 Å². The minimum atomic E-state index is -3.68. The van der Waals surface area contributed by atoms with E-state index in [0.29, 0.717) is 30.4 Å². The Morgan fingerprint density at radius 2 is 1.55 bits per heavy atom. The SMILES string of the molecule is CCN(c1ccc(NC(=O)c2ccc(S(=O)(=O)N3CCN(C(C)=O)CC3)cc2)cc1)C(C)C. The summed E-state index contributed by atoms with van der Waals surface area (Å²) in [5.41, 5.74) is 2.13. The number of hydrogen-bond donors (Lipinski definition) is 1. The highest BCUT2D eigenvalue weighted by atomic mass is 32.2. The van der Waals surface area contributed by atoms with Crippen LogP contribution in [0.2, 0.25) is 0 Å². The average molecular weight is 473 g/mol. The number of nitrogens with one attached hydrogen (secondary N) is 1. The summed E-state index contributed by atoms with van der Waals surface area (Å²) >= 11 is 0. The highest BCUT2D eigenvalue weighted by molar-refractivity contribution is 7.89. The second-order valence-corrected chi connectivity index (χ2v) is 10.3. The van der Waals surface area contributed by atoms with E-state index in [2.05, 4.69) is 31.0 Å². The van der Waals surface area contributed by atoms with Crippen LogP contribution in [0.3, 0.4) is 0 Å². The van der Waals surface area contributed by atoms with Gasteiger partial charge < -0.3 is 15.1 Å². The van der Waals surface area contributed by atoms with Crippen molar-refractivity contribution in [2.45, 2.75) is 38.6 Å². The number of benzene rings is 2. The smallest absolute Gasteiger partial charge is 0.255 e. The van der Waals surface area contributed by atoms with E-state index >= 15 is 0 Å². The van der Waals surface area contributed by atoms with Gasteiger partial charge in [-0.05, 0) is 69.3 Å². The topological polar surface area (TPSA) is 90.0 Å². The summed E-state index contributed by atoms with van der Waals surface area (Å²) in [4.78, 5) is 28.1. The largest absolute Gasteiger partial charge is 0.369 e. The lowest BCUT2D eigenvalue weighted by Gasteiger charge is -2.33. The third kappa shape index (κ3) is 5.72. The molecule has 0 aliphatic carbocycles. The number of anilines is 2. The molecule has 8 nitrogen and oxygen atoms in total. The predicted molar refractivity (Wildman–Crippen MR) is 130 cm³/mol. The summed E-state index contributed by atoms with van der Waals surface area (Å²) in [5, 5.41) is 2.85. The molecule has 0 bridgehead atoms. The zero-order chi connectivity index (χ0) is 24.2. The molecule has 178 valence electrons. The summed E-state index contributed by atoms with van der Waals surface area (Å²) in [7, 11) is -3.68. The molecular formula is C24H32N4O4S. The Morgan fingerprint density at radius 3 is 2.03 bits per heavy atom. The molecule has 2 aromatic rings. The van der Waals surface area contributed by atoms with Gasteiger partial charge in [0.2, 0.25) is 15.9 Å². The molecule has 1 N–H and O–H groups in total. The van der Waals surface area contributed by atoms with Gasteiger partial charge in [-0.2, -0.15) is 4.31 Å². The van der Waals surface area contributed by atoms with Gasteiger partial charge in [0.1, 0.15) is 0 Å². The van der Waals surface area contributed by atoms with E-state index in [1.165, 1.54) is 35.5 Å². The number of rotatable bonds is 7. The zero-order valence-electron chi connectivity index (χ0n) is 19.6. The molecular weight excluding hydrogens is 440 g/mol. The van der Waals surface area contributed by atoms with Crippen LogP contribution in [0.4, 0.5) is 11.4 Å². The van der Waals surface area contributed by atoms with Crippen molar-refractivity contribution in [2.24, 2.45) is 0 Å². The highest BCUT2D eigenvalue weighted by Crippen LogP contribution is 2.22. The maximum absolute atomic E-state index is 12.9. The van der Waals surface area contributed by atoms with Crippen molar-refractivity contribution in [1.82, 2.24) is 9.21 Å². The molecule has 1 saturated heterocycles. The van der Waals surface area contributed by atoms with Gasteiger partial charge in [-0.1, -0.05) is 0 Å². The minimum absolute atomic E-state index is 0.0559. The number of carbonyl (C=O) groups excluding carboxylic acids is 2. The molecule has 1 heterocycles. The van der Waals surface area contributed by atoms with Crippen LogP contribution in [0.5, 0.6) is 0 Å². The number of amides is 2. The van der Waals surface area contributed by atoms with Crippen molar-refractivity contribution in [2.75, 3.05) is 42.9 Å². The normalized spacial score (nSPS) is 14.9. The summed E-state index contributed by atoms with van der Waals surface area (Å²) < 4.78 is 27.2. The van der Waals surface area contributed by atoms with Crippen molar-refractivity contribution in [3.05, 3.63) is 54.1 Å². The fourth-order valence-corrected chi connectivity index (χ4v) is 5.38. The Kier molecular flexibility index (Phi) is 7.76.